The highest BCUT2D eigenvalue weighted by atomic mass is 79.9. The minimum absolute atomic E-state index is 0.0221. The van der Waals surface area contributed by atoms with Gasteiger partial charge in [0.1, 0.15) is 6.54 Å². The molecule has 4 heteroatoms. The van der Waals surface area contributed by atoms with E-state index in [1.54, 1.807) is 0 Å². The number of rotatable bonds is 3. The second-order valence-corrected chi connectivity index (χ2v) is 6.25. The van der Waals surface area contributed by atoms with Crippen LogP contribution in [0.25, 0.3) is 10.9 Å². The van der Waals surface area contributed by atoms with Gasteiger partial charge in [-0.3, -0.25) is 4.79 Å². The van der Waals surface area contributed by atoms with Crippen molar-refractivity contribution < 1.29 is 4.79 Å². The van der Waals surface area contributed by atoms with E-state index in [0.717, 1.165) is 32.2 Å². The number of carbonyl (C=O) groups is 1. The number of carbonyl (C=O) groups excluding carboxylic acids is 1. The molecule has 0 atom stereocenters. The number of nitrogens with zero attached hydrogens (tertiary/aromatic N) is 1. The van der Waals surface area contributed by atoms with Crippen molar-refractivity contribution in [2.75, 3.05) is 5.32 Å². The van der Waals surface area contributed by atoms with Crippen molar-refractivity contribution in [1.82, 2.24) is 4.57 Å². The zero-order valence-corrected chi connectivity index (χ0v) is 14.1. The standard InChI is InChI=1S/C18H17BrN2O/c1-12-13(2)16(8-7-15(12)19)20-18(22)11-21-10-9-14-5-3-4-6-17(14)21/h3-10H,11H2,1-2H3,(H,20,22). The number of amides is 1. The summed E-state index contributed by atoms with van der Waals surface area (Å²) in [7, 11) is 0. The summed E-state index contributed by atoms with van der Waals surface area (Å²) in [6.45, 7) is 4.36. The molecule has 3 aromatic rings. The van der Waals surface area contributed by atoms with Gasteiger partial charge in [0.25, 0.3) is 0 Å². The molecule has 0 fully saturated rings. The molecule has 0 radical (unpaired) electrons. The molecule has 1 N–H and O–H groups in total. The van der Waals surface area contributed by atoms with Gasteiger partial charge in [0.05, 0.1) is 0 Å². The lowest BCUT2D eigenvalue weighted by Crippen LogP contribution is -2.19. The first-order chi connectivity index (χ1) is 10.6. The third-order valence-corrected chi connectivity index (χ3v) is 4.85. The van der Waals surface area contributed by atoms with Crippen LogP contribution < -0.4 is 5.32 Å². The van der Waals surface area contributed by atoms with E-state index in [1.807, 2.05) is 67.1 Å². The van der Waals surface area contributed by atoms with Crippen LogP contribution >= 0.6 is 15.9 Å². The van der Waals surface area contributed by atoms with Gasteiger partial charge in [0, 0.05) is 21.9 Å². The minimum atomic E-state index is -0.0221. The van der Waals surface area contributed by atoms with Crippen molar-refractivity contribution in [2.24, 2.45) is 0 Å². The predicted molar refractivity (Wildman–Crippen MR) is 94.2 cm³/mol. The van der Waals surface area contributed by atoms with Gasteiger partial charge < -0.3 is 9.88 Å². The molecule has 22 heavy (non-hydrogen) atoms. The molecule has 3 rings (SSSR count). The third kappa shape index (κ3) is 2.79. The topological polar surface area (TPSA) is 34.0 Å². The molecule has 0 bridgehead atoms. The SMILES string of the molecule is Cc1c(Br)ccc(NC(=O)Cn2ccc3ccccc32)c1C. The molecule has 0 spiro atoms. The number of hydrogen-bond donors (Lipinski definition) is 1. The lowest BCUT2D eigenvalue weighted by molar-refractivity contribution is -0.116. The number of fused-ring (bicyclic) bond motifs is 1. The maximum atomic E-state index is 12.3. The molecule has 0 aliphatic heterocycles. The second kappa shape index (κ2) is 5.97. The number of halogens is 1. The van der Waals surface area contributed by atoms with Crippen LogP contribution in [0.5, 0.6) is 0 Å². The van der Waals surface area contributed by atoms with Crippen molar-refractivity contribution in [3.8, 4) is 0 Å². The van der Waals surface area contributed by atoms with Crippen LogP contribution in [0, 0.1) is 13.8 Å². The Morgan fingerprint density at radius 2 is 1.86 bits per heavy atom. The fraction of sp³-hybridized carbons (Fsp3) is 0.167. The number of nitrogens with one attached hydrogen (secondary N) is 1. The van der Waals surface area contributed by atoms with E-state index >= 15 is 0 Å². The van der Waals surface area contributed by atoms with Crippen molar-refractivity contribution in [3.05, 3.63) is 64.3 Å². The summed E-state index contributed by atoms with van der Waals surface area (Å²) in [6.07, 6.45) is 1.95. The summed E-state index contributed by atoms with van der Waals surface area (Å²) in [5.74, 6) is -0.0221. The van der Waals surface area contributed by atoms with E-state index in [-0.39, 0.29) is 5.91 Å². The molecule has 0 saturated heterocycles. The van der Waals surface area contributed by atoms with Crippen LogP contribution in [-0.2, 0) is 11.3 Å². The molecule has 112 valence electrons. The van der Waals surface area contributed by atoms with Gasteiger partial charge in [-0.2, -0.15) is 0 Å². The molecule has 1 amide bonds. The smallest absolute Gasteiger partial charge is 0.244 e. The average Bonchev–Trinajstić information content (AvgIpc) is 2.91. The average molecular weight is 357 g/mol. The lowest BCUT2D eigenvalue weighted by atomic mass is 10.1. The Hall–Kier alpha value is -2.07. The summed E-state index contributed by atoms with van der Waals surface area (Å²) in [4.78, 5) is 12.3. The summed E-state index contributed by atoms with van der Waals surface area (Å²) in [5, 5.41) is 4.15. The van der Waals surface area contributed by atoms with Gasteiger partial charge in [-0.25, -0.2) is 0 Å². The monoisotopic (exact) mass is 356 g/mol. The van der Waals surface area contributed by atoms with Crippen molar-refractivity contribution in [1.29, 1.82) is 0 Å². The summed E-state index contributed by atoms with van der Waals surface area (Å²) in [6, 6.07) is 14.0. The number of anilines is 1. The molecule has 1 aromatic heterocycles. The van der Waals surface area contributed by atoms with E-state index in [1.165, 1.54) is 0 Å². The molecule has 0 unspecified atom stereocenters. The van der Waals surface area contributed by atoms with Crippen LogP contribution in [0.15, 0.2) is 53.1 Å². The quantitative estimate of drug-likeness (QED) is 0.727. The van der Waals surface area contributed by atoms with E-state index in [4.69, 9.17) is 0 Å². The Morgan fingerprint density at radius 1 is 1.09 bits per heavy atom. The molecule has 0 aliphatic rings. The van der Waals surface area contributed by atoms with Crippen LogP contribution in [0.2, 0.25) is 0 Å². The summed E-state index contributed by atoms with van der Waals surface area (Å²) < 4.78 is 3.02. The maximum Gasteiger partial charge on any atom is 0.244 e. The Kier molecular flexibility index (Phi) is 4.03. The van der Waals surface area contributed by atoms with Crippen LogP contribution in [-0.4, -0.2) is 10.5 Å². The Labute approximate surface area is 138 Å². The van der Waals surface area contributed by atoms with Crippen LogP contribution in [0.1, 0.15) is 11.1 Å². The largest absolute Gasteiger partial charge is 0.338 e. The fourth-order valence-corrected chi connectivity index (χ4v) is 2.98. The van der Waals surface area contributed by atoms with E-state index in [9.17, 15) is 4.79 Å². The molecule has 0 aliphatic carbocycles. The van der Waals surface area contributed by atoms with Gasteiger partial charge in [-0.1, -0.05) is 34.1 Å². The van der Waals surface area contributed by atoms with Gasteiger partial charge in [0.15, 0.2) is 0 Å². The normalized spacial score (nSPS) is 10.9. The van der Waals surface area contributed by atoms with Gasteiger partial charge in [-0.15, -0.1) is 0 Å². The molecule has 3 nitrogen and oxygen atoms in total. The molecule has 2 aromatic carbocycles. The summed E-state index contributed by atoms with van der Waals surface area (Å²) in [5.41, 5.74) is 4.16. The van der Waals surface area contributed by atoms with Crippen molar-refractivity contribution >= 4 is 38.4 Å². The first-order valence-corrected chi connectivity index (χ1v) is 7.95. The number of benzene rings is 2. The lowest BCUT2D eigenvalue weighted by Gasteiger charge is -2.12. The van der Waals surface area contributed by atoms with Crippen LogP contribution in [0.4, 0.5) is 5.69 Å². The predicted octanol–water partition coefficient (Wildman–Crippen LogP) is 4.66. The molecule has 0 saturated carbocycles. The Morgan fingerprint density at radius 3 is 2.68 bits per heavy atom. The van der Waals surface area contributed by atoms with E-state index in [2.05, 4.69) is 21.2 Å². The van der Waals surface area contributed by atoms with Gasteiger partial charge >= 0.3 is 0 Å². The van der Waals surface area contributed by atoms with Crippen molar-refractivity contribution in [2.45, 2.75) is 20.4 Å². The van der Waals surface area contributed by atoms with E-state index in [0.29, 0.717) is 6.54 Å². The summed E-state index contributed by atoms with van der Waals surface area (Å²) >= 11 is 3.51. The highest BCUT2D eigenvalue weighted by Crippen LogP contribution is 2.26. The molecular formula is C18H17BrN2O. The maximum absolute atomic E-state index is 12.3. The number of hydrogen-bond acceptors (Lipinski definition) is 1. The van der Waals surface area contributed by atoms with Crippen molar-refractivity contribution in [3.63, 3.8) is 0 Å². The third-order valence-electron chi connectivity index (χ3n) is 3.99. The van der Waals surface area contributed by atoms with Gasteiger partial charge in [0.2, 0.25) is 5.91 Å². The highest BCUT2D eigenvalue weighted by Gasteiger charge is 2.10. The zero-order chi connectivity index (χ0) is 15.7. The Bertz CT molecular complexity index is 851. The Balaban J connectivity index is 1.80. The van der Waals surface area contributed by atoms with Crippen LogP contribution in [0.3, 0.4) is 0 Å². The van der Waals surface area contributed by atoms with Gasteiger partial charge in [-0.05, 0) is 54.6 Å². The highest BCUT2D eigenvalue weighted by molar-refractivity contribution is 9.10. The zero-order valence-electron chi connectivity index (χ0n) is 12.6. The second-order valence-electron chi connectivity index (χ2n) is 5.40. The number of para-hydroxylation sites is 1. The molecule has 1 heterocycles. The van der Waals surface area contributed by atoms with E-state index < -0.39 is 0 Å². The number of aromatic nitrogens is 1. The first kappa shape index (κ1) is 14.9. The fourth-order valence-electron chi connectivity index (χ4n) is 2.55. The molecular weight excluding hydrogens is 340 g/mol. The first-order valence-electron chi connectivity index (χ1n) is 7.15. The minimum Gasteiger partial charge on any atom is -0.338 e.